The van der Waals surface area contributed by atoms with Crippen LogP contribution in [0.4, 0.5) is 0 Å². The topological polar surface area (TPSA) is 43.4 Å². The van der Waals surface area contributed by atoms with Gasteiger partial charge in [0.25, 0.3) is 0 Å². The van der Waals surface area contributed by atoms with Gasteiger partial charge in [-0.05, 0) is 88.0 Å². The van der Waals surface area contributed by atoms with Gasteiger partial charge in [-0.1, -0.05) is 12.1 Å². The average molecular weight is 542 g/mol. The van der Waals surface area contributed by atoms with Gasteiger partial charge in [0.1, 0.15) is 0 Å². The van der Waals surface area contributed by atoms with E-state index in [1.165, 1.54) is 0 Å². The van der Waals surface area contributed by atoms with Crippen LogP contribution in [0.5, 0.6) is 0 Å². The van der Waals surface area contributed by atoms with Gasteiger partial charge in [0, 0.05) is 17.9 Å². The molecule has 0 N–H and O–H groups in total. The van der Waals surface area contributed by atoms with Gasteiger partial charge >= 0.3 is 11.9 Å². The van der Waals surface area contributed by atoms with Crippen LogP contribution in [0.2, 0.25) is 0 Å². The molecule has 0 amide bonds. The maximum atomic E-state index is 12.2. The van der Waals surface area contributed by atoms with E-state index in [0.29, 0.717) is 17.9 Å². The number of carbonyl (C=O) groups is 2. The largest absolute Gasteiger partial charge is 0.386 e. The monoisotopic (exact) mass is 538 g/mol. The minimum absolute atomic E-state index is 0.258. The highest BCUT2D eigenvalue weighted by molar-refractivity contribution is 9.11. The fourth-order valence-electron chi connectivity index (χ4n) is 1.57. The molecule has 21 heavy (non-hydrogen) atoms. The zero-order valence-electron chi connectivity index (χ0n) is 10.2. The number of halogens is 4. The van der Waals surface area contributed by atoms with Crippen molar-refractivity contribution in [1.82, 2.24) is 0 Å². The Labute approximate surface area is 154 Å². The summed E-state index contributed by atoms with van der Waals surface area (Å²) in [5, 5.41) is 0. The lowest BCUT2D eigenvalue weighted by atomic mass is 10.2. The van der Waals surface area contributed by atoms with E-state index in [4.69, 9.17) is 4.74 Å². The first-order valence-electron chi connectivity index (χ1n) is 5.56. The molecule has 108 valence electrons. The number of hydrogen-bond donors (Lipinski definition) is 0. The second-order valence-electron chi connectivity index (χ2n) is 3.87. The molecule has 0 atom stereocenters. The minimum atomic E-state index is -0.734. The third-order valence-corrected chi connectivity index (χ3v) is 5.16. The van der Waals surface area contributed by atoms with Crippen LogP contribution in [0.15, 0.2) is 54.3 Å². The number of esters is 2. The molecule has 2 aromatic rings. The summed E-state index contributed by atoms with van der Waals surface area (Å²) in [6.07, 6.45) is 0. The molecular weight excluding hydrogens is 536 g/mol. The van der Waals surface area contributed by atoms with Crippen molar-refractivity contribution in [2.75, 3.05) is 0 Å². The molecule has 2 aromatic carbocycles. The Kier molecular flexibility index (Phi) is 5.76. The van der Waals surface area contributed by atoms with Crippen LogP contribution >= 0.6 is 63.7 Å². The van der Waals surface area contributed by atoms with Crippen LogP contribution < -0.4 is 0 Å². The summed E-state index contributed by atoms with van der Waals surface area (Å²) in [5.74, 6) is -1.47. The van der Waals surface area contributed by atoms with Gasteiger partial charge < -0.3 is 4.74 Å². The Morgan fingerprint density at radius 3 is 1.24 bits per heavy atom. The fraction of sp³-hybridized carbons (Fsp3) is 0. The summed E-state index contributed by atoms with van der Waals surface area (Å²) in [6, 6.07) is 10.3. The van der Waals surface area contributed by atoms with Gasteiger partial charge in [-0.25, -0.2) is 9.59 Å². The first-order chi connectivity index (χ1) is 9.91. The molecule has 0 saturated heterocycles. The fourth-order valence-corrected chi connectivity index (χ4v) is 4.22. The predicted octanol–water partition coefficient (Wildman–Crippen LogP) is 5.73. The summed E-state index contributed by atoms with van der Waals surface area (Å²) in [7, 11) is 0. The Morgan fingerprint density at radius 1 is 0.667 bits per heavy atom. The van der Waals surface area contributed by atoms with E-state index in [2.05, 4.69) is 63.7 Å². The lowest BCUT2D eigenvalue weighted by Crippen LogP contribution is -2.15. The zero-order valence-corrected chi connectivity index (χ0v) is 16.5. The number of carbonyl (C=O) groups excluding carboxylic acids is 2. The molecule has 0 spiro atoms. The number of ether oxygens (including phenoxy) is 1. The Morgan fingerprint density at radius 2 is 0.952 bits per heavy atom. The molecule has 0 heterocycles. The second kappa shape index (κ2) is 7.17. The van der Waals surface area contributed by atoms with Crippen LogP contribution in [0.3, 0.4) is 0 Å². The number of hydrogen-bond acceptors (Lipinski definition) is 3. The molecule has 0 aliphatic carbocycles. The highest BCUT2D eigenvalue weighted by Crippen LogP contribution is 2.29. The van der Waals surface area contributed by atoms with Gasteiger partial charge in [-0.3, -0.25) is 0 Å². The lowest BCUT2D eigenvalue weighted by molar-refractivity contribution is 0.0395. The highest BCUT2D eigenvalue weighted by atomic mass is 79.9. The summed E-state index contributed by atoms with van der Waals surface area (Å²) in [4.78, 5) is 24.3. The molecule has 0 aliphatic rings. The van der Waals surface area contributed by atoms with Crippen molar-refractivity contribution in [1.29, 1.82) is 0 Å². The van der Waals surface area contributed by atoms with Crippen LogP contribution in [0, 0.1) is 0 Å². The molecular formula is C14H6Br4O3. The third kappa shape index (κ3) is 3.83. The maximum absolute atomic E-state index is 12.2. The van der Waals surface area contributed by atoms with Gasteiger partial charge in [0.15, 0.2) is 0 Å². The molecule has 0 unspecified atom stereocenters. The molecule has 7 heteroatoms. The Bertz CT molecular complexity index is 626. The van der Waals surface area contributed by atoms with Gasteiger partial charge in [-0.2, -0.15) is 0 Å². The molecule has 3 nitrogen and oxygen atoms in total. The molecule has 0 fully saturated rings. The Balaban J connectivity index is 2.30. The first kappa shape index (κ1) is 16.9. The highest BCUT2D eigenvalue weighted by Gasteiger charge is 2.22. The standard InChI is InChI=1S/C14H6Br4O3/c15-7-3-1-4-8(16)11(7)13(19)21-14(20)12-9(17)5-2-6-10(12)18/h1-6H. The van der Waals surface area contributed by atoms with Gasteiger partial charge in [0.2, 0.25) is 0 Å². The normalized spacial score (nSPS) is 10.3. The van der Waals surface area contributed by atoms with E-state index >= 15 is 0 Å². The van der Waals surface area contributed by atoms with Crippen molar-refractivity contribution >= 4 is 75.7 Å². The molecule has 0 bridgehead atoms. The molecule has 0 aliphatic heterocycles. The van der Waals surface area contributed by atoms with Crippen molar-refractivity contribution in [3.05, 3.63) is 65.4 Å². The average Bonchev–Trinajstić information content (AvgIpc) is 2.38. The Hall–Kier alpha value is -0.500. The van der Waals surface area contributed by atoms with Crippen molar-refractivity contribution in [3.8, 4) is 0 Å². The van der Waals surface area contributed by atoms with E-state index in [1.807, 2.05) is 0 Å². The molecule has 0 saturated carbocycles. The second-order valence-corrected chi connectivity index (χ2v) is 7.29. The van der Waals surface area contributed by atoms with E-state index < -0.39 is 11.9 Å². The van der Waals surface area contributed by atoms with E-state index in [1.54, 1.807) is 36.4 Å². The third-order valence-electron chi connectivity index (χ3n) is 2.52. The van der Waals surface area contributed by atoms with Crippen molar-refractivity contribution in [2.45, 2.75) is 0 Å². The SMILES string of the molecule is O=C(OC(=O)c1c(Br)cccc1Br)c1c(Br)cccc1Br. The first-order valence-corrected chi connectivity index (χ1v) is 8.73. The van der Waals surface area contributed by atoms with Crippen molar-refractivity contribution in [3.63, 3.8) is 0 Å². The van der Waals surface area contributed by atoms with Crippen LogP contribution in [-0.2, 0) is 4.74 Å². The van der Waals surface area contributed by atoms with Crippen LogP contribution in [-0.4, -0.2) is 11.9 Å². The maximum Gasteiger partial charge on any atom is 0.348 e. The van der Waals surface area contributed by atoms with Crippen molar-refractivity contribution < 1.29 is 14.3 Å². The van der Waals surface area contributed by atoms with E-state index in [0.717, 1.165) is 0 Å². The van der Waals surface area contributed by atoms with E-state index in [-0.39, 0.29) is 11.1 Å². The van der Waals surface area contributed by atoms with Gasteiger partial charge in [-0.15, -0.1) is 0 Å². The summed E-state index contributed by atoms with van der Waals surface area (Å²) in [5.41, 5.74) is 0.517. The summed E-state index contributed by atoms with van der Waals surface area (Å²) in [6.45, 7) is 0. The predicted molar refractivity (Wildman–Crippen MR) is 93.4 cm³/mol. The van der Waals surface area contributed by atoms with Crippen molar-refractivity contribution in [2.24, 2.45) is 0 Å². The lowest BCUT2D eigenvalue weighted by Gasteiger charge is -2.09. The molecule has 0 aromatic heterocycles. The quantitative estimate of drug-likeness (QED) is 0.360. The minimum Gasteiger partial charge on any atom is -0.386 e. The summed E-state index contributed by atoms with van der Waals surface area (Å²) < 4.78 is 7.12. The number of rotatable bonds is 2. The molecule has 0 radical (unpaired) electrons. The number of benzene rings is 2. The zero-order chi connectivity index (χ0) is 15.6. The van der Waals surface area contributed by atoms with Gasteiger partial charge in [0.05, 0.1) is 11.1 Å². The van der Waals surface area contributed by atoms with Crippen LogP contribution in [0.1, 0.15) is 20.7 Å². The smallest absolute Gasteiger partial charge is 0.348 e. The van der Waals surface area contributed by atoms with Crippen LogP contribution in [0.25, 0.3) is 0 Å². The van der Waals surface area contributed by atoms with E-state index in [9.17, 15) is 9.59 Å². The summed E-state index contributed by atoms with van der Waals surface area (Å²) >= 11 is 13.0. The molecule has 2 rings (SSSR count).